The minimum Gasteiger partial charge on any atom is -0.493 e. The van der Waals surface area contributed by atoms with Gasteiger partial charge in [0.15, 0.2) is 23.2 Å². The third kappa shape index (κ3) is 1.77. The number of hydrogen-bond donors (Lipinski definition) is 1. The highest BCUT2D eigenvalue weighted by Gasteiger charge is 2.23. The Labute approximate surface area is 101 Å². The number of aromatic nitrogens is 2. The molecule has 2 N–H and O–H groups in total. The molecular weight excluding hydrogens is 247 g/mol. The molecule has 2 rings (SSSR count). The van der Waals surface area contributed by atoms with Crippen LogP contribution in [0.5, 0.6) is 5.75 Å². The summed E-state index contributed by atoms with van der Waals surface area (Å²) in [5, 5.41) is 3.87. The maximum Gasteiger partial charge on any atom is 0.172 e. The van der Waals surface area contributed by atoms with Gasteiger partial charge in [-0.15, -0.1) is 0 Å². The highest BCUT2D eigenvalue weighted by Crippen LogP contribution is 2.36. The summed E-state index contributed by atoms with van der Waals surface area (Å²) in [7, 11) is 2.68. The first kappa shape index (κ1) is 12.3. The average molecular weight is 257 g/mol. The van der Waals surface area contributed by atoms with Crippen LogP contribution in [0.15, 0.2) is 12.1 Å². The molecule has 0 radical (unpaired) electrons. The molecule has 96 valence electrons. The van der Waals surface area contributed by atoms with E-state index >= 15 is 0 Å². The lowest BCUT2D eigenvalue weighted by atomic mass is 10.1. The minimum atomic E-state index is -1.31. The monoisotopic (exact) mass is 257 g/mol. The summed E-state index contributed by atoms with van der Waals surface area (Å²) in [4.78, 5) is 0. The van der Waals surface area contributed by atoms with Gasteiger partial charge >= 0.3 is 0 Å². The topological polar surface area (TPSA) is 53.1 Å². The Bertz CT molecular complexity index is 591. The number of anilines is 1. The van der Waals surface area contributed by atoms with Gasteiger partial charge in [-0.25, -0.2) is 13.2 Å². The Kier molecular flexibility index (Phi) is 2.90. The van der Waals surface area contributed by atoms with Crippen molar-refractivity contribution >= 4 is 5.82 Å². The molecule has 7 heteroatoms. The fourth-order valence-corrected chi connectivity index (χ4v) is 1.61. The van der Waals surface area contributed by atoms with Gasteiger partial charge in [-0.3, -0.25) is 4.68 Å². The molecule has 0 aliphatic rings. The lowest BCUT2D eigenvalue weighted by molar-refractivity contribution is 0.378. The number of nitrogen functional groups attached to an aromatic ring is 1. The summed E-state index contributed by atoms with van der Waals surface area (Å²) in [5.74, 6) is -3.72. The highest BCUT2D eigenvalue weighted by atomic mass is 19.2. The van der Waals surface area contributed by atoms with Gasteiger partial charge in [-0.05, 0) is 0 Å². The first-order valence-electron chi connectivity index (χ1n) is 4.97. The van der Waals surface area contributed by atoms with Crippen molar-refractivity contribution < 1.29 is 17.9 Å². The van der Waals surface area contributed by atoms with Crippen molar-refractivity contribution in [3.8, 4) is 17.0 Å². The summed E-state index contributed by atoms with van der Waals surface area (Å²) in [6.45, 7) is 0. The normalized spacial score (nSPS) is 10.7. The fraction of sp³-hybridized carbons (Fsp3) is 0.182. The van der Waals surface area contributed by atoms with Gasteiger partial charge in [0.2, 0.25) is 0 Å². The van der Waals surface area contributed by atoms with E-state index in [1.54, 1.807) is 0 Å². The molecule has 0 amide bonds. The number of ether oxygens (including phenoxy) is 1. The van der Waals surface area contributed by atoms with Crippen LogP contribution in [-0.4, -0.2) is 16.9 Å². The van der Waals surface area contributed by atoms with Crippen molar-refractivity contribution in [2.24, 2.45) is 7.05 Å². The van der Waals surface area contributed by atoms with Gasteiger partial charge < -0.3 is 10.5 Å². The van der Waals surface area contributed by atoms with E-state index in [0.717, 1.165) is 7.11 Å². The third-order valence-electron chi connectivity index (χ3n) is 2.50. The average Bonchev–Trinajstić information content (AvgIpc) is 2.63. The van der Waals surface area contributed by atoms with E-state index < -0.39 is 23.2 Å². The minimum absolute atomic E-state index is 0.00255. The first-order valence-corrected chi connectivity index (χ1v) is 4.97. The van der Waals surface area contributed by atoms with Crippen LogP contribution in [-0.2, 0) is 7.05 Å². The molecule has 1 heterocycles. The van der Waals surface area contributed by atoms with E-state index in [0.29, 0.717) is 6.07 Å². The van der Waals surface area contributed by atoms with Crippen LogP contribution in [0, 0.1) is 17.5 Å². The van der Waals surface area contributed by atoms with Gasteiger partial charge in [0, 0.05) is 19.2 Å². The second-order valence-corrected chi connectivity index (χ2v) is 3.64. The summed E-state index contributed by atoms with van der Waals surface area (Å²) in [5.41, 5.74) is 5.16. The van der Waals surface area contributed by atoms with Crippen LogP contribution in [0.4, 0.5) is 19.0 Å². The number of aryl methyl sites for hydroxylation is 1. The molecule has 0 bridgehead atoms. The van der Waals surface area contributed by atoms with Gasteiger partial charge in [-0.1, -0.05) is 0 Å². The summed E-state index contributed by atoms with van der Waals surface area (Å²) in [6.07, 6.45) is 0. The quantitative estimate of drug-likeness (QED) is 0.838. The number of methoxy groups -OCH3 is 1. The van der Waals surface area contributed by atoms with Gasteiger partial charge in [-0.2, -0.15) is 5.10 Å². The van der Waals surface area contributed by atoms with E-state index in [4.69, 9.17) is 10.5 Å². The summed E-state index contributed by atoms with van der Waals surface area (Å²) >= 11 is 0. The molecule has 4 nitrogen and oxygen atoms in total. The van der Waals surface area contributed by atoms with Crippen LogP contribution in [0.1, 0.15) is 0 Å². The van der Waals surface area contributed by atoms with E-state index in [2.05, 4.69) is 5.10 Å². The third-order valence-corrected chi connectivity index (χ3v) is 2.50. The Hall–Kier alpha value is -2.18. The predicted octanol–water partition coefficient (Wildman–Crippen LogP) is 2.10. The highest BCUT2D eigenvalue weighted by molar-refractivity contribution is 5.70. The Morgan fingerprint density at radius 1 is 1.22 bits per heavy atom. The number of rotatable bonds is 2. The van der Waals surface area contributed by atoms with Crippen molar-refractivity contribution in [3.05, 3.63) is 29.6 Å². The van der Waals surface area contributed by atoms with E-state index in [-0.39, 0.29) is 17.1 Å². The maximum atomic E-state index is 13.7. The smallest absolute Gasteiger partial charge is 0.172 e. The zero-order valence-corrected chi connectivity index (χ0v) is 9.67. The van der Waals surface area contributed by atoms with E-state index in [1.165, 1.54) is 17.8 Å². The van der Waals surface area contributed by atoms with Crippen LogP contribution in [0.2, 0.25) is 0 Å². The standard InChI is InChI=1S/C11H10F3N3O/c1-17-8(15)4-7(16-17)9-10(14)5(12)3-6(13)11(9)18-2/h3-4H,15H2,1-2H3. The zero-order chi connectivity index (χ0) is 13.4. The number of benzene rings is 1. The van der Waals surface area contributed by atoms with Crippen LogP contribution in [0.3, 0.4) is 0 Å². The maximum absolute atomic E-state index is 13.7. The van der Waals surface area contributed by atoms with Crippen LogP contribution >= 0.6 is 0 Å². The Morgan fingerprint density at radius 3 is 2.39 bits per heavy atom. The number of nitrogens with zero attached hydrogens (tertiary/aromatic N) is 2. The Morgan fingerprint density at radius 2 is 1.89 bits per heavy atom. The second kappa shape index (κ2) is 4.25. The molecule has 0 atom stereocenters. The van der Waals surface area contributed by atoms with Crippen molar-refractivity contribution in [1.29, 1.82) is 0 Å². The lowest BCUT2D eigenvalue weighted by Gasteiger charge is -2.09. The van der Waals surface area contributed by atoms with Gasteiger partial charge in [0.25, 0.3) is 0 Å². The molecule has 2 aromatic rings. The lowest BCUT2D eigenvalue weighted by Crippen LogP contribution is -2.00. The molecule has 0 aliphatic carbocycles. The molecule has 1 aromatic heterocycles. The van der Waals surface area contributed by atoms with Crippen LogP contribution in [0.25, 0.3) is 11.3 Å². The molecule has 0 spiro atoms. The fourth-order valence-electron chi connectivity index (χ4n) is 1.61. The molecule has 0 saturated carbocycles. The molecular formula is C11H10F3N3O. The van der Waals surface area contributed by atoms with Gasteiger partial charge in [0.1, 0.15) is 11.5 Å². The molecule has 0 saturated heterocycles. The number of nitrogens with two attached hydrogens (primary N) is 1. The molecule has 1 aromatic carbocycles. The SMILES string of the molecule is COc1c(F)cc(F)c(F)c1-c1cc(N)n(C)n1. The summed E-state index contributed by atoms with van der Waals surface area (Å²) in [6, 6.07) is 1.73. The first-order chi connectivity index (χ1) is 8.45. The second-order valence-electron chi connectivity index (χ2n) is 3.64. The number of halogens is 3. The van der Waals surface area contributed by atoms with E-state index in [1.807, 2.05) is 0 Å². The van der Waals surface area contributed by atoms with Crippen molar-refractivity contribution in [1.82, 2.24) is 9.78 Å². The van der Waals surface area contributed by atoms with Crippen molar-refractivity contribution in [2.45, 2.75) is 0 Å². The molecule has 0 unspecified atom stereocenters. The van der Waals surface area contributed by atoms with E-state index in [9.17, 15) is 13.2 Å². The summed E-state index contributed by atoms with van der Waals surface area (Å²) < 4.78 is 46.4. The Balaban J connectivity index is 2.76. The largest absolute Gasteiger partial charge is 0.493 e. The molecule has 0 aliphatic heterocycles. The number of hydrogen-bond acceptors (Lipinski definition) is 3. The predicted molar refractivity (Wildman–Crippen MR) is 59.5 cm³/mol. The molecule has 0 fully saturated rings. The van der Waals surface area contributed by atoms with Crippen molar-refractivity contribution in [3.63, 3.8) is 0 Å². The van der Waals surface area contributed by atoms with Crippen molar-refractivity contribution in [2.75, 3.05) is 12.8 Å². The molecule has 18 heavy (non-hydrogen) atoms. The zero-order valence-electron chi connectivity index (χ0n) is 9.67. The van der Waals surface area contributed by atoms with Crippen LogP contribution < -0.4 is 10.5 Å². The van der Waals surface area contributed by atoms with Gasteiger partial charge in [0.05, 0.1) is 12.7 Å².